The van der Waals surface area contributed by atoms with Crippen molar-refractivity contribution in [3.63, 3.8) is 0 Å². The summed E-state index contributed by atoms with van der Waals surface area (Å²) in [4.78, 5) is 36.0. The number of amides is 1. The quantitative estimate of drug-likeness (QED) is 0.742. The molecule has 1 unspecified atom stereocenters. The van der Waals surface area contributed by atoms with Crippen LogP contribution in [0.1, 0.15) is 35.3 Å². The van der Waals surface area contributed by atoms with Crippen LogP contribution in [0.2, 0.25) is 0 Å². The number of ether oxygens (including phenoxy) is 1. The van der Waals surface area contributed by atoms with Gasteiger partial charge in [0.25, 0.3) is 5.91 Å². The molecule has 3 aliphatic heterocycles. The summed E-state index contributed by atoms with van der Waals surface area (Å²) >= 11 is 0. The fourth-order valence-corrected chi connectivity index (χ4v) is 4.57. The Morgan fingerprint density at radius 3 is 2.74 bits per heavy atom. The van der Waals surface area contributed by atoms with Gasteiger partial charge in [-0.25, -0.2) is 4.98 Å². The Morgan fingerprint density at radius 1 is 1.30 bits per heavy atom. The fourth-order valence-electron chi connectivity index (χ4n) is 4.57. The number of cyclic esters (lactones) is 1. The van der Waals surface area contributed by atoms with Crippen LogP contribution in [-0.2, 0) is 16.0 Å². The van der Waals surface area contributed by atoms with E-state index in [0.717, 1.165) is 31.7 Å². The normalized spacial score (nSPS) is 23.9. The van der Waals surface area contributed by atoms with E-state index in [1.54, 1.807) is 0 Å². The first-order valence-corrected chi connectivity index (χ1v) is 9.74. The van der Waals surface area contributed by atoms with Gasteiger partial charge in [0.15, 0.2) is 0 Å². The molecule has 0 bridgehead atoms. The van der Waals surface area contributed by atoms with Crippen LogP contribution in [0.4, 0.5) is 5.82 Å². The third-order valence-corrected chi connectivity index (χ3v) is 6.15. The van der Waals surface area contributed by atoms with E-state index >= 15 is 0 Å². The first-order chi connectivity index (χ1) is 12.9. The number of fused-ring (bicyclic) bond motifs is 1. The van der Waals surface area contributed by atoms with E-state index in [1.165, 1.54) is 5.56 Å². The van der Waals surface area contributed by atoms with Crippen molar-refractivity contribution < 1.29 is 14.3 Å². The third kappa shape index (κ3) is 3.29. The maximum Gasteiger partial charge on any atom is 0.312 e. The third-order valence-electron chi connectivity index (χ3n) is 6.15. The minimum absolute atomic E-state index is 0.0378. The minimum Gasteiger partial charge on any atom is -0.461 e. The van der Waals surface area contributed by atoms with E-state index in [0.29, 0.717) is 31.6 Å². The topological polar surface area (TPSA) is 66.0 Å². The lowest BCUT2D eigenvalue weighted by atomic mass is 9.76. The van der Waals surface area contributed by atoms with Crippen LogP contribution in [0.15, 0.2) is 12.1 Å². The van der Waals surface area contributed by atoms with Crippen LogP contribution in [0.3, 0.4) is 0 Å². The molecule has 1 amide bonds. The highest BCUT2D eigenvalue weighted by molar-refractivity contribution is 5.93. The zero-order valence-electron chi connectivity index (χ0n) is 16.4. The van der Waals surface area contributed by atoms with Crippen molar-refractivity contribution >= 4 is 17.7 Å². The number of hydrogen-bond acceptors (Lipinski definition) is 6. The van der Waals surface area contributed by atoms with Gasteiger partial charge in [-0.2, -0.15) is 0 Å². The molecule has 2 saturated heterocycles. The van der Waals surface area contributed by atoms with E-state index in [4.69, 9.17) is 4.74 Å². The fraction of sp³-hybridized carbons (Fsp3) is 0.650. The number of piperidine rings is 1. The molecule has 4 rings (SSSR count). The number of carbonyl (C=O) groups is 2. The lowest BCUT2D eigenvalue weighted by Gasteiger charge is -2.36. The molecule has 0 N–H and O–H groups in total. The molecular formula is C20H28N4O3. The number of hydrogen-bond donors (Lipinski definition) is 0. The summed E-state index contributed by atoms with van der Waals surface area (Å²) in [6, 6.07) is 3.85. The molecule has 146 valence electrons. The average Bonchev–Trinajstić information content (AvgIpc) is 3.14. The minimum atomic E-state index is -0.414. The van der Waals surface area contributed by atoms with Crippen LogP contribution in [0, 0.1) is 5.41 Å². The van der Waals surface area contributed by atoms with Crippen molar-refractivity contribution in [3.05, 3.63) is 23.4 Å². The molecule has 1 aromatic heterocycles. The molecule has 27 heavy (non-hydrogen) atoms. The Bertz CT molecular complexity index is 756. The van der Waals surface area contributed by atoms with Crippen molar-refractivity contribution in [2.75, 3.05) is 52.2 Å². The van der Waals surface area contributed by atoms with E-state index in [9.17, 15) is 9.59 Å². The molecule has 0 aliphatic carbocycles. The summed E-state index contributed by atoms with van der Waals surface area (Å²) in [5.41, 5.74) is 1.29. The standard InChI is InChI=1S/C20H28N4O3/c1-22(2)13-15-12-20(19(26)27-15)7-10-24(11-8-20)18(25)16-5-4-14-6-9-23(3)17(14)21-16/h4-5,15H,6-13H2,1-3H3. The van der Waals surface area contributed by atoms with Crippen molar-refractivity contribution in [2.24, 2.45) is 5.41 Å². The molecule has 2 fully saturated rings. The average molecular weight is 372 g/mol. The highest BCUT2D eigenvalue weighted by Gasteiger charge is 2.50. The van der Waals surface area contributed by atoms with Crippen molar-refractivity contribution in [2.45, 2.75) is 31.8 Å². The number of pyridine rings is 1. The SMILES string of the molecule is CN(C)CC1CC2(CCN(C(=O)c3ccc4c(n3)N(C)CC4)CC2)C(=O)O1. The van der Waals surface area contributed by atoms with Gasteiger partial charge in [-0.3, -0.25) is 9.59 Å². The number of esters is 1. The predicted octanol–water partition coefficient (Wildman–Crippen LogP) is 1.17. The number of anilines is 1. The van der Waals surface area contributed by atoms with E-state index in [2.05, 4.69) is 9.88 Å². The Balaban J connectivity index is 1.42. The van der Waals surface area contributed by atoms with E-state index in [-0.39, 0.29) is 18.0 Å². The molecule has 1 atom stereocenters. The summed E-state index contributed by atoms with van der Waals surface area (Å²) in [5.74, 6) is 0.795. The van der Waals surface area contributed by atoms with Gasteiger partial charge in [0.1, 0.15) is 17.6 Å². The van der Waals surface area contributed by atoms with Crippen molar-refractivity contribution in [1.82, 2.24) is 14.8 Å². The Labute approximate surface area is 160 Å². The van der Waals surface area contributed by atoms with E-state index < -0.39 is 5.41 Å². The van der Waals surface area contributed by atoms with Crippen molar-refractivity contribution in [1.29, 1.82) is 0 Å². The number of rotatable bonds is 3. The zero-order chi connectivity index (χ0) is 19.2. The molecule has 4 heterocycles. The van der Waals surface area contributed by atoms with Crippen LogP contribution in [-0.4, -0.2) is 80.1 Å². The second kappa shape index (κ2) is 6.78. The summed E-state index contributed by atoms with van der Waals surface area (Å²) in [5, 5.41) is 0. The highest BCUT2D eigenvalue weighted by Crippen LogP contribution is 2.43. The monoisotopic (exact) mass is 372 g/mol. The molecule has 0 saturated carbocycles. The van der Waals surface area contributed by atoms with Crippen LogP contribution < -0.4 is 4.90 Å². The molecule has 0 aromatic carbocycles. The summed E-state index contributed by atoms with van der Waals surface area (Å²) in [7, 11) is 5.98. The van der Waals surface area contributed by atoms with Gasteiger partial charge < -0.3 is 19.4 Å². The van der Waals surface area contributed by atoms with Gasteiger partial charge in [-0.1, -0.05) is 6.07 Å². The highest BCUT2D eigenvalue weighted by atomic mass is 16.6. The van der Waals surface area contributed by atoms with Crippen LogP contribution in [0.25, 0.3) is 0 Å². The van der Waals surface area contributed by atoms with Crippen LogP contribution in [0.5, 0.6) is 0 Å². The Kier molecular flexibility index (Phi) is 4.58. The molecule has 1 aromatic rings. The maximum absolute atomic E-state index is 12.9. The second-order valence-electron chi connectivity index (χ2n) is 8.42. The van der Waals surface area contributed by atoms with Gasteiger partial charge in [-0.15, -0.1) is 0 Å². The van der Waals surface area contributed by atoms with Gasteiger partial charge in [-0.05, 0) is 45.0 Å². The lowest BCUT2D eigenvalue weighted by Crippen LogP contribution is -2.45. The lowest BCUT2D eigenvalue weighted by molar-refractivity contribution is -0.150. The molecule has 1 spiro atoms. The van der Waals surface area contributed by atoms with E-state index in [1.807, 2.05) is 43.1 Å². The molecule has 3 aliphatic rings. The van der Waals surface area contributed by atoms with Gasteiger partial charge in [0.2, 0.25) is 0 Å². The summed E-state index contributed by atoms with van der Waals surface area (Å²) in [6.07, 6.45) is 3.05. The molecule has 7 nitrogen and oxygen atoms in total. The van der Waals surface area contributed by atoms with Gasteiger partial charge in [0, 0.05) is 39.6 Å². The zero-order valence-corrected chi connectivity index (χ0v) is 16.4. The van der Waals surface area contributed by atoms with Gasteiger partial charge in [0.05, 0.1) is 5.41 Å². The first-order valence-electron chi connectivity index (χ1n) is 9.74. The largest absolute Gasteiger partial charge is 0.461 e. The molecular weight excluding hydrogens is 344 g/mol. The molecule has 0 radical (unpaired) electrons. The number of likely N-dealkylation sites (tertiary alicyclic amines) is 1. The number of carbonyl (C=O) groups excluding carboxylic acids is 2. The van der Waals surface area contributed by atoms with Gasteiger partial charge >= 0.3 is 5.97 Å². The molecule has 7 heteroatoms. The van der Waals surface area contributed by atoms with Crippen LogP contribution >= 0.6 is 0 Å². The summed E-state index contributed by atoms with van der Waals surface area (Å²) in [6.45, 7) is 2.86. The number of aromatic nitrogens is 1. The smallest absolute Gasteiger partial charge is 0.312 e. The number of nitrogens with zero attached hydrogens (tertiary/aromatic N) is 4. The number of likely N-dealkylation sites (N-methyl/N-ethyl adjacent to an activating group) is 2. The Morgan fingerprint density at radius 2 is 2.04 bits per heavy atom. The maximum atomic E-state index is 12.9. The first kappa shape index (κ1) is 18.2. The second-order valence-corrected chi connectivity index (χ2v) is 8.42. The summed E-state index contributed by atoms with van der Waals surface area (Å²) < 4.78 is 5.61. The Hall–Kier alpha value is -2.15. The predicted molar refractivity (Wildman–Crippen MR) is 102 cm³/mol. The van der Waals surface area contributed by atoms with Crippen molar-refractivity contribution in [3.8, 4) is 0 Å².